The highest BCUT2D eigenvalue weighted by molar-refractivity contribution is 7.90. The van der Waals surface area contributed by atoms with Gasteiger partial charge in [-0.1, -0.05) is 6.58 Å². The normalized spacial score (nSPS) is 11.0. The lowest BCUT2D eigenvalue weighted by molar-refractivity contribution is 0.583. The molecule has 0 aromatic carbocycles. The molecule has 17 heteroatoms. The molecule has 5 aromatic heterocycles. The number of nitrogens with zero attached hydrogens (tertiary/aromatic N) is 9. The first-order valence-corrected chi connectivity index (χ1v) is 15.7. The Bertz CT molecular complexity index is 1730. The van der Waals surface area contributed by atoms with E-state index >= 15 is 0 Å². The highest BCUT2D eigenvalue weighted by Crippen LogP contribution is 2.18. The smallest absolute Gasteiger partial charge is 0.249 e. The van der Waals surface area contributed by atoms with Gasteiger partial charge in [-0.25, -0.2) is 16.8 Å². The zero-order valence-electron chi connectivity index (χ0n) is 23.2. The van der Waals surface area contributed by atoms with Crippen LogP contribution in [0.1, 0.15) is 5.56 Å². The summed E-state index contributed by atoms with van der Waals surface area (Å²) in [7, 11) is -3.47. The fourth-order valence-corrected chi connectivity index (χ4v) is 4.95. The third-order valence-corrected chi connectivity index (χ3v) is 7.41. The minimum Gasteiger partial charge on any atom is -0.324 e. The fraction of sp³-hybridized carbons (Fsp3) is 0.160. The van der Waals surface area contributed by atoms with Gasteiger partial charge >= 0.3 is 0 Å². The highest BCUT2D eigenvalue weighted by atomic mass is 32.2. The molecule has 5 rings (SSSR count). The van der Waals surface area contributed by atoms with E-state index in [-0.39, 0.29) is 10.3 Å². The molecule has 220 valence electrons. The maximum Gasteiger partial charge on any atom is 0.249 e. The molecule has 0 bridgehead atoms. The molecule has 0 aliphatic heterocycles. The lowest BCUT2D eigenvalue weighted by atomic mass is 10.2. The number of hydrogen-bond donors (Lipinski definition) is 2. The number of sulfone groups is 2. The van der Waals surface area contributed by atoms with Crippen molar-refractivity contribution in [1.82, 2.24) is 49.9 Å². The summed E-state index contributed by atoms with van der Waals surface area (Å²) in [5.41, 5.74) is 5.54. The molecule has 5 heterocycles. The Kier molecular flexibility index (Phi) is 10.3. The zero-order valence-corrected chi connectivity index (χ0v) is 24.8. The molecule has 0 radical (unpaired) electrons. The van der Waals surface area contributed by atoms with Crippen LogP contribution >= 0.6 is 0 Å². The maximum absolute atomic E-state index is 11.4. The van der Waals surface area contributed by atoms with Crippen LogP contribution in [0.15, 0.2) is 90.5 Å². The molecule has 5 aromatic rings. The van der Waals surface area contributed by atoms with Gasteiger partial charge in [-0.3, -0.25) is 20.8 Å². The summed E-state index contributed by atoms with van der Waals surface area (Å²) in [6.07, 6.45) is 12.1. The van der Waals surface area contributed by atoms with Crippen LogP contribution < -0.4 is 11.3 Å². The first kappa shape index (κ1) is 31.7. The van der Waals surface area contributed by atoms with Gasteiger partial charge in [0.2, 0.25) is 30.0 Å². The summed E-state index contributed by atoms with van der Waals surface area (Å²) in [6, 6.07) is 10.8. The van der Waals surface area contributed by atoms with Gasteiger partial charge in [0.15, 0.2) is 11.6 Å². The van der Waals surface area contributed by atoms with Gasteiger partial charge in [0.1, 0.15) is 0 Å². The SMILES string of the molecule is C=C(NN)c1cccnc1.Cn1c(-c2cccnc2)nnc1S(C)(=O)=O.Cn1c(-c2ccncc2)nnc1S(C)(=O)=O. The Morgan fingerprint density at radius 1 is 0.714 bits per heavy atom. The molecule has 0 spiro atoms. The average Bonchev–Trinajstić information content (AvgIpc) is 3.57. The Morgan fingerprint density at radius 2 is 1.21 bits per heavy atom. The van der Waals surface area contributed by atoms with Gasteiger partial charge in [0.25, 0.3) is 0 Å². The van der Waals surface area contributed by atoms with Gasteiger partial charge in [-0.05, 0) is 36.4 Å². The quantitative estimate of drug-likeness (QED) is 0.204. The second kappa shape index (κ2) is 13.7. The molecule has 0 saturated heterocycles. The lowest BCUT2D eigenvalue weighted by Crippen LogP contribution is -2.18. The Labute approximate surface area is 243 Å². The summed E-state index contributed by atoms with van der Waals surface area (Å²) in [5, 5.41) is 14.9. The van der Waals surface area contributed by atoms with Gasteiger partial charge in [0, 0.05) is 80.5 Å². The average molecular weight is 612 g/mol. The summed E-state index contributed by atoms with van der Waals surface area (Å²) < 4.78 is 48.3. The van der Waals surface area contributed by atoms with Crippen molar-refractivity contribution in [2.45, 2.75) is 10.3 Å². The third kappa shape index (κ3) is 8.09. The van der Waals surface area contributed by atoms with Gasteiger partial charge in [0.05, 0.1) is 5.70 Å². The molecule has 0 unspecified atom stereocenters. The molecule has 0 atom stereocenters. The van der Waals surface area contributed by atoms with Crippen LogP contribution in [0, 0.1) is 0 Å². The minimum atomic E-state index is -3.35. The largest absolute Gasteiger partial charge is 0.324 e. The number of nitrogens with one attached hydrogen (secondary N) is 1. The van der Waals surface area contributed by atoms with Crippen molar-refractivity contribution in [2.75, 3.05) is 12.5 Å². The van der Waals surface area contributed by atoms with Crippen LogP contribution in [0.25, 0.3) is 28.5 Å². The number of nitrogens with two attached hydrogens (primary N) is 1. The number of hydrazine groups is 1. The molecular weight excluding hydrogens is 582 g/mol. The van der Waals surface area contributed by atoms with Gasteiger partial charge < -0.3 is 14.6 Å². The predicted molar refractivity (Wildman–Crippen MR) is 155 cm³/mol. The molecule has 0 saturated carbocycles. The zero-order chi connectivity index (χ0) is 30.9. The highest BCUT2D eigenvalue weighted by Gasteiger charge is 2.19. The first-order valence-electron chi connectivity index (χ1n) is 11.9. The summed E-state index contributed by atoms with van der Waals surface area (Å²) in [4.78, 5) is 11.7. The Balaban J connectivity index is 0.000000178. The molecule has 0 aliphatic rings. The number of aromatic nitrogens is 9. The summed E-state index contributed by atoms with van der Waals surface area (Å²) >= 11 is 0. The van der Waals surface area contributed by atoms with Crippen molar-refractivity contribution < 1.29 is 16.8 Å². The topological polar surface area (TPSA) is 206 Å². The minimum absolute atomic E-state index is 0.0423. The first-order chi connectivity index (χ1) is 19.8. The summed E-state index contributed by atoms with van der Waals surface area (Å²) in [6.45, 7) is 3.67. The van der Waals surface area contributed by atoms with Crippen LogP contribution in [0.2, 0.25) is 0 Å². The van der Waals surface area contributed by atoms with E-state index in [1.54, 1.807) is 75.5 Å². The van der Waals surface area contributed by atoms with Crippen molar-refractivity contribution in [2.24, 2.45) is 19.9 Å². The number of pyridine rings is 3. The fourth-order valence-electron chi connectivity index (χ4n) is 3.40. The molecule has 15 nitrogen and oxygen atoms in total. The van der Waals surface area contributed by atoms with Crippen LogP contribution in [-0.2, 0) is 33.8 Å². The molecule has 42 heavy (non-hydrogen) atoms. The molecule has 0 fully saturated rings. The molecule has 0 aliphatic carbocycles. The van der Waals surface area contributed by atoms with E-state index in [0.29, 0.717) is 17.3 Å². The van der Waals surface area contributed by atoms with Crippen molar-refractivity contribution in [3.63, 3.8) is 0 Å². The second-order valence-corrected chi connectivity index (χ2v) is 12.4. The van der Waals surface area contributed by atoms with E-state index in [1.807, 2.05) is 12.1 Å². The Morgan fingerprint density at radius 3 is 1.62 bits per heavy atom. The van der Waals surface area contributed by atoms with Crippen LogP contribution in [0.4, 0.5) is 0 Å². The van der Waals surface area contributed by atoms with Gasteiger partial charge in [-0.2, -0.15) is 0 Å². The van der Waals surface area contributed by atoms with Gasteiger partial charge in [-0.15, -0.1) is 20.4 Å². The second-order valence-electron chi connectivity index (χ2n) is 8.62. The monoisotopic (exact) mass is 611 g/mol. The molecular formula is C25H29N11O4S2. The van der Waals surface area contributed by atoms with Crippen LogP contribution in [0.5, 0.6) is 0 Å². The number of rotatable bonds is 6. The van der Waals surface area contributed by atoms with E-state index in [1.165, 1.54) is 9.13 Å². The predicted octanol–water partition coefficient (Wildman–Crippen LogP) is 1.08. The number of hydrogen-bond acceptors (Lipinski definition) is 13. The molecule has 0 amide bonds. The van der Waals surface area contributed by atoms with E-state index in [9.17, 15) is 16.8 Å². The van der Waals surface area contributed by atoms with E-state index in [4.69, 9.17) is 5.84 Å². The maximum atomic E-state index is 11.4. The van der Waals surface area contributed by atoms with Crippen molar-refractivity contribution >= 4 is 25.4 Å². The van der Waals surface area contributed by atoms with Crippen LogP contribution in [0.3, 0.4) is 0 Å². The van der Waals surface area contributed by atoms with Crippen molar-refractivity contribution in [3.8, 4) is 22.8 Å². The third-order valence-electron chi connectivity index (χ3n) is 5.38. The summed E-state index contributed by atoms with van der Waals surface area (Å²) in [5.74, 6) is 6.11. The van der Waals surface area contributed by atoms with Crippen molar-refractivity contribution in [3.05, 3.63) is 85.7 Å². The van der Waals surface area contributed by atoms with E-state index in [0.717, 1.165) is 29.2 Å². The van der Waals surface area contributed by atoms with Crippen LogP contribution in [-0.4, -0.2) is 73.8 Å². The van der Waals surface area contributed by atoms with E-state index in [2.05, 4.69) is 47.4 Å². The standard InChI is InChI=1S/2C9H10N4O2S.C7H9N3/c1-13-8(7-3-5-10-6-4-7)11-12-9(13)16(2,14)15;1-13-8(7-4-3-5-10-6-7)11-12-9(13)16(2,14)15;1-6(10-8)7-3-2-4-9-5-7/h2*3-6H,1-2H3;2-5,10H,1,8H2. The van der Waals surface area contributed by atoms with E-state index < -0.39 is 19.7 Å². The van der Waals surface area contributed by atoms with Crippen molar-refractivity contribution in [1.29, 1.82) is 0 Å². The Hall–Kier alpha value is -4.87. The molecule has 3 N–H and O–H groups in total. The lowest BCUT2D eigenvalue weighted by Gasteiger charge is -2.01.